The van der Waals surface area contributed by atoms with Crippen molar-refractivity contribution in [1.29, 1.82) is 0 Å². The molecule has 0 spiro atoms. The van der Waals surface area contributed by atoms with Crippen LogP contribution in [0.1, 0.15) is 6.42 Å². The fourth-order valence-electron chi connectivity index (χ4n) is 0.947. The topological polar surface area (TPSA) is 47.6 Å². The molecule has 15 heavy (non-hydrogen) atoms. The predicted molar refractivity (Wildman–Crippen MR) is 57.4 cm³/mol. The van der Waals surface area contributed by atoms with Crippen LogP contribution in [-0.4, -0.2) is 23.1 Å². The highest BCUT2D eigenvalue weighted by Gasteiger charge is 2.32. The van der Waals surface area contributed by atoms with E-state index in [0.717, 1.165) is 0 Å². The molecule has 0 atom stereocenters. The SMILES string of the molecule is C=CCC(Cl)(Cl)C(=O)NCC1OC=CO1. The Bertz CT molecular complexity index is 271. The Labute approximate surface area is 97.8 Å². The van der Waals surface area contributed by atoms with Gasteiger partial charge in [0, 0.05) is 6.42 Å². The molecule has 0 aliphatic carbocycles. The van der Waals surface area contributed by atoms with Crippen LogP contribution in [-0.2, 0) is 14.3 Å². The van der Waals surface area contributed by atoms with Crippen molar-refractivity contribution in [2.75, 3.05) is 6.54 Å². The Morgan fingerprint density at radius 2 is 2.13 bits per heavy atom. The van der Waals surface area contributed by atoms with E-state index in [0.29, 0.717) is 0 Å². The first kappa shape index (κ1) is 12.2. The molecule has 0 fully saturated rings. The minimum atomic E-state index is -1.49. The molecule has 1 rings (SSSR count). The molecular formula is C9H11Cl2NO3. The highest BCUT2D eigenvalue weighted by molar-refractivity contribution is 6.58. The Hall–Kier alpha value is -0.870. The van der Waals surface area contributed by atoms with E-state index < -0.39 is 16.5 Å². The van der Waals surface area contributed by atoms with Gasteiger partial charge in [0.1, 0.15) is 12.5 Å². The van der Waals surface area contributed by atoms with Crippen LogP contribution in [0.2, 0.25) is 0 Å². The number of hydrogen-bond donors (Lipinski definition) is 1. The van der Waals surface area contributed by atoms with Gasteiger partial charge in [0.2, 0.25) is 0 Å². The lowest BCUT2D eigenvalue weighted by Crippen LogP contribution is -2.41. The fraction of sp³-hybridized carbons (Fsp3) is 0.444. The molecule has 1 heterocycles. The van der Waals surface area contributed by atoms with Gasteiger partial charge in [-0.15, -0.1) is 6.58 Å². The third kappa shape index (κ3) is 3.64. The number of hydrogen-bond acceptors (Lipinski definition) is 3. The molecule has 0 aromatic heterocycles. The minimum absolute atomic E-state index is 0.173. The number of amides is 1. The Morgan fingerprint density at radius 1 is 1.53 bits per heavy atom. The van der Waals surface area contributed by atoms with Crippen molar-refractivity contribution in [3.8, 4) is 0 Å². The second kappa shape index (κ2) is 5.28. The zero-order valence-corrected chi connectivity index (χ0v) is 9.42. The molecule has 0 aromatic rings. The molecule has 0 radical (unpaired) electrons. The van der Waals surface area contributed by atoms with Crippen LogP contribution >= 0.6 is 23.2 Å². The molecule has 0 saturated carbocycles. The van der Waals surface area contributed by atoms with Crippen molar-refractivity contribution in [1.82, 2.24) is 5.32 Å². The summed E-state index contributed by atoms with van der Waals surface area (Å²) in [4.78, 5) is 11.5. The summed E-state index contributed by atoms with van der Waals surface area (Å²) < 4.78 is 8.41. The Kier molecular flexibility index (Phi) is 4.29. The number of rotatable bonds is 5. The predicted octanol–water partition coefficient (Wildman–Crippen LogP) is 1.70. The Morgan fingerprint density at radius 3 is 2.67 bits per heavy atom. The molecule has 1 aliphatic heterocycles. The summed E-state index contributed by atoms with van der Waals surface area (Å²) in [5.74, 6) is -0.496. The fourth-order valence-corrected chi connectivity index (χ4v) is 1.30. The van der Waals surface area contributed by atoms with E-state index in [1.807, 2.05) is 0 Å². The van der Waals surface area contributed by atoms with Gasteiger partial charge in [0.25, 0.3) is 12.2 Å². The summed E-state index contributed by atoms with van der Waals surface area (Å²) in [6.45, 7) is 3.64. The highest BCUT2D eigenvalue weighted by atomic mass is 35.5. The number of ether oxygens (including phenoxy) is 2. The van der Waals surface area contributed by atoms with Crippen molar-refractivity contribution in [3.05, 3.63) is 25.2 Å². The van der Waals surface area contributed by atoms with Gasteiger partial charge in [0.15, 0.2) is 4.33 Å². The summed E-state index contributed by atoms with van der Waals surface area (Å²) in [6, 6.07) is 0. The first-order valence-electron chi connectivity index (χ1n) is 4.29. The number of halogens is 2. The van der Waals surface area contributed by atoms with Crippen LogP contribution in [0.15, 0.2) is 25.2 Å². The molecular weight excluding hydrogens is 241 g/mol. The van der Waals surface area contributed by atoms with E-state index in [1.165, 1.54) is 18.6 Å². The molecule has 0 aromatic carbocycles. The van der Waals surface area contributed by atoms with Gasteiger partial charge in [-0.2, -0.15) is 0 Å². The second-order valence-corrected chi connectivity index (χ2v) is 4.37. The van der Waals surface area contributed by atoms with Crippen molar-refractivity contribution < 1.29 is 14.3 Å². The molecule has 1 aliphatic rings. The number of alkyl halides is 2. The van der Waals surface area contributed by atoms with Crippen LogP contribution in [0.4, 0.5) is 0 Å². The third-order valence-corrected chi connectivity index (χ3v) is 2.33. The normalized spacial score (nSPS) is 15.6. The lowest BCUT2D eigenvalue weighted by Gasteiger charge is -2.18. The number of carbonyl (C=O) groups excluding carboxylic acids is 1. The lowest BCUT2D eigenvalue weighted by atomic mass is 10.3. The van der Waals surface area contributed by atoms with Gasteiger partial charge < -0.3 is 14.8 Å². The highest BCUT2D eigenvalue weighted by Crippen LogP contribution is 2.25. The maximum atomic E-state index is 11.5. The molecule has 1 N–H and O–H groups in total. The third-order valence-electron chi connectivity index (χ3n) is 1.68. The molecule has 0 unspecified atom stereocenters. The summed E-state index contributed by atoms with van der Waals surface area (Å²) in [5, 5.41) is 2.51. The number of nitrogens with one attached hydrogen (secondary N) is 1. The summed E-state index contributed by atoms with van der Waals surface area (Å²) >= 11 is 11.5. The number of carbonyl (C=O) groups is 1. The largest absolute Gasteiger partial charge is 0.457 e. The standard InChI is InChI=1S/C9H11Cl2NO3/c1-2-3-9(10,11)8(13)12-6-7-14-4-5-15-7/h2,4-5,7H,1,3,6H2,(H,12,13). The van der Waals surface area contributed by atoms with Crippen LogP contribution in [0.5, 0.6) is 0 Å². The molecule has 1 amide bonds. The van der Waals surface area contributed by atoms with Crippen LogP contribution in [0.3, 0.4) is 0 Å². The van der Waals surface area contributed by atoms with Crippen molar-refractivity contribution in [3.63, 3.8) is 0 Å². The summed E-state index contributed by atoms with van der Waals surface area (Å²) in [7, 11) is 0. The van der Waals surface area contributed by atoms with Gasteiger partial charge in [-0.25, -0.2) is 0 Å². The minimum Gasteiger partial charge on any atom is -0.457 e. The van der Waals surface area contributed by atoms with Crippen molar-refractivity contribution >= 4 is 29.1 Å². The summed E-state index contributed by atoms with van der Waals surface area (Å²) in [5.41, 5.74) is 0. The van der Waals surface area contributed by atoms with E-state index in [4.69, 9.17) is 32.7 Å². The van der Waals surface area contributed by atoms with Crippen LogP contribution < -0.4 is 5.32 Å². The quantitative estimate of drug-likeness (QED) is 0.598. The van der Waals surface area contributed by atoms with Gasteiger partial charge >= 0.3 is 0 Å². The maximum absolute atomic E-state index is 11.5. The van der Waals surface area contributed by atoms with Crippen LogP contribution in [0.25, 0.3) is 0 Å². The average Bonchev–Trinajstić information content (AvgIpc) is 2.66. The molecule has 4 nitrogen and oxygen atoms in total. The molecule has 84 valence electrons. The van der Waals surface area contributed by atoms with E-state index in [9.17, 15) is 4.79 Å². The van der Waals surface area contributed by atoms with E-state index in [-0.39, 0.29) is 13.0 Å². The zero-order chi connectivity index (χ0) is 11.3. The first-order valence-corrected chi connectivity index (χ1v) is 5.05. The number of allylic oxidation sites excluding steroid dienone is 1. The van der Waals surface area contributed by atoms with E-state index in [2.05, 4.69) is 11.9 Å². The average molecular weight is 252 g/mol. The smallest absolute Gasteiger partial charge is 0.257 e. The molecule has 6 heteroatoms. The van der Waals surface area contributed by atoms with Crippen molar-refractivity contribution in [2.24, 2.45) is 0 Å². The Balaban J connectivity index is 2.31. The lowest BCUT2D eigenvalue weighted by molar-refractivity contribution is -0.123. The second-order valence-electron chi connectivity index (χ2n) is 2.88. The van der Waals surface area contributed by atoms with Gasteiger partial charge in [-0.1, -0.05) is 29.3 Å². The molecule has 0 saturated heterocycles. The summed E-state index contributed by atoms with van der Waals surface area (Å²) in [6.07, 6.45) is 3.93. The van der Waals surface area contributed by atoms with Gasteiger partial charge in [0.05, 0.1) is 6.54 Å². The monoisotopic (exact) mass is 251 g/mol. The van der Waals surface area contributed by atoms with Gasteiger partial charge in [-0.3, -0.25) is 4.79 Å². The van der Waals surface area contributed by atoms with Gasteiger partial charge in [-0.05, 0) is 0 Å². The van der Waals surface area contributed by atoms with Crippen LogP contribution in [0, 0.1) is 0 Å². The molecule has 0 bridgehead atoms. The maximum Gasteiger partial charge on any atom is 0.257 e. The van der Waals surface area contributed by atoms with Crippen molar-refractivity contribution in [2.45, 2.75) is 17.0 Å². The first-order chi connectivity index (χ1) is 7.06. The zero-order valence-electron chi connectivity index (χ0n) is 7.91. The van der Waals surface area contributed by atoms with E-state index in [1.54, 1.807) is 0 Å². The van der Waals surface area contributed by atoms with E-state index >= 15 is 0 Å².